The summed E-state index contributed by atoms with van der Waals surface area (Å²) in [4.78, 5) is 23.1. The molecule has 2 N–H and O–H groups in total. The van der Waals surface area contributed by atoms with Crippen molar-refractivity contribution < 1.29 is 32.6 Å². The van der Waals surface area contributed by atoms with Crippen LogP contribution < -0.4 is 10.1 Å². The lowest BCUT2D eigenvalue weighted by Gasteiger charge is -2.41. The van der Waals surface area contributed by atoms with Crippen molar-refractivity contribution in [2.75, 3.05) is 0 Å². The number of alkyl halides is 3. The van der Waals surface area contributed by atoms with Crippen LogP contribution in [0.15, 0.2) is 22.7 Å². The van der Waals surface area contributed by atoms with Gasteiger partial charge in [-0.05, 0) is 53.4 Å². The average molecular weight is 396 g/mol. The van der Waals surface area contributed by atoms with Crippen LogP contribution in [0.2, 0.25) is 0 Å². The predicted molar refractivity (Wildman–Crippen MR) is 77.1 cm³/mol. The molecule has 0 saturated heterocycles. The third-order valence-corrected chi connectivity index (χ3v) is 4.25. The minimum absolute atomic E-state index is 0.0379. The number of hydrogen-bond acceptors (Lipinski definition) is 3. The predicted octanol–water partition coefficient (Wildman–Crippen LogP) is 3.47. The van der Waals surface area contributed by atoms with E-state index < -0.39 is 29.5 Å². The van der Waals surface area contributed by atoms with E-state index in [-0.39, 0.29) is 16.5 Å². The van der Waals surface area contributed by atoms with Crippen molar-refractivity contribution in [3.8, 4) is 5.75 Å². The van der Waals surface area contributed by atoms with Crippen LogP contribution in [-0.4, -0.2) is 28.9 Å². The molecule has 126 valence electrons. The number of carbonyl (C=O) groups excluding carboxylic acids is 1. The highest BCUT2D eigenvalue weighted by molar-refractivity contribution is 9.10. The molecule has 0 spiro atoms. The molecule has 0 aromatic heterocycles. The maximum atomic E-state index is 12.3. The Morgan fingerprint density at radius 2 is 2.00 bits per heavy atom. The van der Waals surface area contributed by atoms with Gasteiger partial charge in [-0.1, -0.05) is 0 Å². The number of aliphatic carboxylic acids is 1. The number of rotatable bonds is 5. The summed E-state index contributed by atoms with van der Waals surface area (Å²) in [7, 11) is 0. The Kier molecular flexibility index (Phi) is 4.88. The van der Waals surface area contributed by atoms with Crippen LogP contribution in [0.4, 0.5) is 13.2 Å². The van der Waals surface area contributed by atoms with Gasteiger partial charge in [0.05, 0.1) is 16.4 Å². The summed E-state index contributed by atoms with van der Waals surface area (Å²) in [5, 5.41) is 11.5. The molecule has 1 saturated carbocycles. The van der Waals surface area contributed by atoms with Gasteiger partial charge in [0, 0.05) is 5.56 Å². The molecule has 0 aliphatic heterocycles. The van der Waals surface area contributed by atoms with E-state index in [4.69, 9.17) is 5.11 Å². The number of benzene rings is 1. The monoisotopic (exact) mass is 395 g/mol. The molecule has 0 atom stereocenters. The quantitative estimate of drug-likeness (QED) is 0.800. The van der Waals surface area contributed by atoms with E-state index in [1.165, 1.54) is 12.1 Å². The Labute approximate surface area is 137 Å². The van der Waals surface area contributed by atoms with E-state index in [0.29, 0.717) is 12.8 Å². The standard InChI is InChI=1S/C14H13BrF3NO4/c15-9-3-2-8(6-10(9)23-14(16,17)18)12(22)19-13(4-1-5-13)7-11(20)21/h2-3,6H,1,4-5,7H2,(H,19,22)(H,20,21). The van der Waals surface area contributed by atoms with Crippen molar-refractivity contribution in [3.63, 3.8) is 0 Å². The second kappa shape index (κ2) is 6.38. The van der Waals surface area contributed by atoms with E-state index in [2.05, 4.69) is 26.0 Å². The lowest BCUT2D eigenvalue weighted by molar-refractivity contribution is -0.274. The highest BCUT2D eigenvalue weighted by atomic mass is 79.9. The van der Waals surface area contributed by atoms with Crippen LogP contribution in [0.3, 0.4) is 0 Å². The Bertz CT molecular complexity index is 629. The van der Waals surface area contributed by atoms with Crippen LogP contribution in [0.25, 0.3) is 0 Å². The molecule has 1 fully saturated rings. The molecule has 2 rings (SSSR count). The van der Waals surface area contributed by atoms with Crippen molar-refractivity contribution >= 4 is 27.8 Å². The second-order valence-corrected chi connectivity index (χ2v) is 6.21. The van der Waals surface area contributed by atoms with E-state index in [9.17, 15) is 22.8 Å². The SMILES string of the molecule is O=C(O)CC1(NC(=O)c2ccc(Br)c(OC(F)(F)F)c2)CCC1. The Hall–Kier alpha value is -1.77. The highest BCUT2D eigenvalue weighted by Gasteiger charge is 2.40. The normalized spacial score (nSPS) is 16.3. The zero-order valence-electron chi connectivity index (χ0n) is 11.7. The fraction of sp³-hybridized carbons (Fsp3) is 0.429. The van der Waals surface area contributed by atoms with Crippen LogP contribution >= 0.6 is 15.9 Å². The molecule has 1 amide bonds. The number of amides is 1. The minimum atomic E-state index is -4.88. The topological polar surface area (TPSA) is 75.6 Å². The van der Waals surface area contributed by atoms with E-state index in [1.807, 2.05) is 0 Å². The minimum Gasteiger partial charge on any atom is -0.481 e. The van der Waals surface area contributed by atoms with Crippen molar-refractivity contribution in [2.45, 2.75) is 37.6 Å². The molecular weight excluding hydrogens is 383 g/mol. The molecule has 0 bridgehead atoms. The molecular formula is C14H13BrF3NO4. The number of carboxylic acids is 1. The average Bonchev–Trinajstić information content (AvgIpc) is 2.36. The van der Waals surface area contributed by atoms with Gasteiger partial charge in [-0.2, -0.15) is 0 Å². The van der Waals surface area contributed by atoms with Crippen LogP contribution in [-0.2, 0) is 4.79 Å². The van der Waals surface area contributed by atoms with Crippen molar-refractivity contribution in [1.29, 1.82) is 0 Å². The van der Waals surface area contributed by atoms with Crippen LogP contribution in [0, 0.1) is 0 Å². The number of hydrogen-bond donors (Lipinski definition) is 2. The van der Waals surface area contributed by atoms with Gasteiger partial charge in [0.2, 0.25) is 0 Å². The summed E-state index contributed by atoms with van der Waals surface area (Å²) in [6.45, 7) is 0. The third-order valence-electron chi connectivity index (χ3n) is 3.60. The van der Waals surface area contributed by atoms with Gasteiger partial charge in [-0.15, -0.1) is 13.2 Å². The molecule has 1 aliphatic rings. The van der Waals surface area contributed by atoms with Crippen molar-refractivity contribution in [2.24, 2.45) is 0 Å². The smallest absolute Gasteiger partial charge is 0.481 e. The second-order valence-electron chi connectivity index (χ2n) is 5.35. The first kappa shape index (κ1) is 17.6. The summed E-state index contributed by atoms with van der Waals surface area (Å²) in [6.07, 6.45) is -3.27. The molecule has 0 unspecified atom stereocenters. The molecule has 23 heavy (non-hydrogen) atoms. The van der Waals surface area contributed by atoms with Gasteiger partial charge in [-0.3, -0.25) is 9.59 Å². The number of halogens is 4. The van der Waals surface area contributed by atoms with Crippen molar-refractivity contribution in [3.05, 3.63) is 28.2 Å². The van der Waals surface area contributed by atoms with Gasteiger partial charge in [0.25, 0.3) is 5.91 Å². The first-order valence-corrected chi connectivity index (χ1v) is 7.49. The Morgan fingerprint density at radius 1 is 1.35 bits per heavy atom. The summed E-state index contributed by atoms with van der Waals surface area (Å²) in [5.74, 6) is -2.21. The highest BCUT2D eigenvalue weighted by Crippen LogP contribution is 2.36. The maximum absolute atomic E-state index is 12.3. The van der Waals surface area contributed by atoms with Gasteiger partial charge in [0.1, 0.15) is 5.75 Å². The molecule has 1 aromatic carbocycles. The summed E-state index contributed by atoms with van der Waals surface area (Å²) in [6, 6.07) is 3.55. The lowest BCUT2D eigenvalue weighted by atomic mass is 9.74. The zero-order chi connectivity index (χ0) is 17.3. The first-order valence-electron chi connectivity index (χ1n) is 6.70. The first-order chi connectivity index (χ1) is 10.6. The summed E-state index contributed by atoms with van der Waals surface area (Å²) in [5.41, 5.74) is -0.870. The lowest BCUT2D eigenvalue weighted by Crippen LogP contribution is -2.54. The van der Waals surface area contributed by atoms with E-state index in [1.54, 1.807) is 0 Å². The number of carboxylic acid groups (broad SMARTS) is 1. The molecule has 9 heteroatoms. The van der Waals surface area contributed by atoms with E-state index in [0.717, 1.165) is 12.5 Å². The third kappa shape index (κ3) is 4.60. The van der Waals surface area contributed by atoms with Crippen molar-refractivity contribution in [1.82, 2.24) is 5.32 Å². The maximum Gasteiger partial charge on any atom is 0.573 e. The summed E-state index contributed by atoms with van der Waals surface area (Å²) < 4.78 is 40.9. The fourth-order valence-electron chi connectivity index (χ4n) is 2.40. The molecule has 1 aromatic rings. The van der Waals surface area contributed by atoms with Crippen LogP contribution in [0.1, 0.15) is 36.0 Å². The number of carbonyl (C=O) groups is 2. The molecule has 1 aliphatic carbocycles. The van der Waals surface area contributed by atoms with E-state index >= 15 is 0 Å². The van der Waals surface area contributed by atoms with Gasteiger partial charge < -0.3 is 15.2 Å². The van der Waals surface area contributed by atoms with Gasteiger partial charge >= 0.3 is 12.3 Å². The molecule has 0 radical (unpaired) electrons. The number of ether oxygens (including phenoxy) is 1. The summed E-state index contributed by atoms with van der Waals surface area (Å²) >= 11 is 2.92. The van der Waals surface area contributed by atoms with Crippen LogP contribution in [0.5, 0.6) is 5.75 Å². The zero-order valence-corrected chi connectivity index (χ0v) is 13.3. The fourth-order valence-corrected chi connectivity index (χ4v) is 2.73. The Balaban J connectivity index is 2.16. The molecule has 0 heterocycles. The van der Waals surface area contributed by atoms with Gasteiger partial charge in [0.15, 0.2) is 0 Å². The Morgan fingerprint density at radius 3 is 2.48 bits per heavy atom. The molecule has 5 nitrogen and oxygen atoms in total. The largest absolute Gasteiger partial charge is 0.573 e. The number of nitrogens with one attached hydrogen (secondary N) is 1. The van der Waals surface area contributed by atoms with Gasteiger partial charge in [-0.25, -0.2) is 0 Å².